The van der Waals surface area contributed by atoms with Crippen LogP contribution in [0.1, 0.15) is 24.8 Å². The summed E-state index contributed by atoms with van der Waals surface area (Å²) in [4.78, 5) is 2.38. The second-order valence-corrected chi connectivity index (χ2v) is 5.02. The molecule has 1 heterocycles. The number of piperidine rings is 1. The van der Waals surface area contributed by atoms with Crippen LogP contribution in [0.5, 0.6) is 5.75 Å². The number of nitrogens with zero attached hydrogens (tertiary/aromatic N) is 1. The lowest BCUT2D eigenvalue weighted by atomic mass is 10.1. The van der Waals surface area contributed by atoms with Crippen LogP contribution >= 0.6 is 0 Å². The van der Waals surface area contributed by atoms with Gasteiger partial charge in [-0.1, -0.05) is 18.6 Å². The molecule has 1 saturated heterocycles. The van der Waals surface area contributed by atoms with E-state index in [9.17, 15) is 4.39 Å². The van der Waals surface area contributed by atoms with Crippen molar-refractivity contribution in [3.8, 4) is 5.75 Å². The highest BCUT2D eigenvalue weighted by atomic mass is 19.1. The molecule has 1 aromatic rings. The second kappa shape index (κ2) is 7.46. The van der Waals surface area contributed by atoms with Crippen molar-refractivity contribution in [3.05, 3.63) is 29.6 Å². The van der Waals surface area contributed by atoms with Crippen molar-refractivity contribution in [1.82, 2.24) is 4.90 Å². The van der Waals surface area contributed by atoms with E-state index in [0.717, 1.165) is 25.2 Å². The van der Waals surface area contributed by atoms with Gasteiger partial charge < -0.3 is 10.5 Å². The Morgan fingerprint density at radius 1 is 1.21 bits per heavy atom. The van der Waals surface area contributed by atoms with Crippen LogP contribution in [0, 0.1) is 5.82 Å². The summed E-state index contributed by atoms with van der Waals surface area (Å²) in [6.07, 6.45) is 4.50. The lowest BCUT2D eigenvalue weighted by Crippen LogP contribution is -2.33. The predicted octanol–water partition coefficient (Wildman–Crippen LogP) is 2.19. The Balaban J connectivity index is 1.87. The van der Waals surface area contributed by atoms with Crippen LogP contribution in [0.15, 0.2) is 18.2 Å². The molecular weight excluding hydrogens is 243 g/mol. The first kappa shape index (κ1) is 14.3. The zero-order chi connectivity index (χ0) is 13.5. The van der Waals surface area contributed by atoms with E-state index in [1.54, 1.807) is 6.07 Å². The molecular formula is C15H23FN2O. The first-order valence-electron chi connectivity index (χ1n) is 7.14. The quantitative estimate of drug-likeness (QED) is 0.858. The van der Waals surface area contributed by atoms with Gasteiger partial charge in [-0.2, -0.15) is 0 Å². The molecule has 1 fully saturated rings. The minimum Gasteiger partial charge on any atom is -0.489 e. The minimum absolute atomic E-state index is 0.287. The Kier molecular flexibility index (Phi) is 5.61. The molecule has 0 unspecified atom stereocenters. The number of likely N-dealkylation sites (tertiary alicyclic amines) is 1. The van der Waals surface area contributed by atoms with Crippen LogP contribution in [0.2, 0.25) is 0 Å². The SMILES string of the molecule is NCCc1cccc(F)c1OCCN1CCCCC1. The summed E-state index contributed by atoms with van der Waals surface area (Å²) in [5.41, 5.74) is 6.40. The molecule has 0 aliphatic carbocycles. The summed E-state index contributed by atoms with van der Waals surface area (Å²) in [6, 6.07) is 5.03. The van der Waals surface area contributed by atoms with E-state index in [2.05, 4.69) is 4.90 Å². The molecule has 2 rings (SSSR count). The standard InChI is InChI=1S/C15H23FN2O/c16-14-6-4-5-13(7-8-17)15(14)19-12-11-18-9-2-1-3-10-18/h4-6H,1-3,7-12,17H2. The monoisotopic (exact) mass is 266 g/mol. The first-order chi connectivity index (χ1) is 9.31. The molecule has 0 bridgehead atoms. The number of hydrogen-bond acceptors (Lipinski definition) is 3. The third-order valence-electron chi connectivity index (χ3n) is 3.56. The van der Waals surface area contributed by atoms with Crippen LogP contribution in [0.3, 0.4) is 0 Å². The van der Waals surface area contributed by atoms with Crippen molar-refractivity contribution in [2.24, 2.45) is 5.73 Å². The molecule has 1 aliphatic rings. The van der Waals surface area contributed by atoms with E-state index >= 15 is 0 Å². The number of para-hydroxylation sites is 1. The molecule has 2 N–H and O–H groups in total. The molecule has 0 amide bonds. The first-order valence-corrected chi connectivity index (χ1v) is 7.14. The molecule has 106 valence electrons. The Morgan fingerprint density at radius 2 is 2.00 bits per heavy atom. The Hall–Kier alpha value is -1.13. The summed E-state index contributed by atoms with van der Waals surface area (Å²) in [5.74, 6) is 0.0922. The number of ether oxygens (including phenoxy) is 1. The fourth-order valence-corrected chi connectivity index (χ4v) is 2.53. The lowest BCUT2D eigenvalue weighted by Gasteiger charge is -2.26. The average molecular weight is 266 g/mol. The second-order valence-electron chi connectivity index (χ2n) is 5.02. The molecule has 0 aromatic heterocycles. The minimum atomic E-state index is -0.287. The number of benzene rings is 1. The van der Waals surface area contributed by atoms with Gasteiger partial charge in [0.05, 0.1) is 0 Å². The maximum Gasteiger partial charge on any atom is 0.165 e. The number of halogens is 1. The van der Waals surface area contributed by atoms with Gasteiger partial charge in [-0.3, -0.25) is 4.90 Å². The van der Waals surface area contributed by atoms with Crippen molar-refractivity contribution in [3.63, 3.8) is 0 Å². The van der Waals surface area contributed by atoms with Crippen LogP contribution in [0.25, 0.3) is 0 Å². The van der Waals surface area contributed by atoms with Crippen LogP contribution < -0.4 is 10.5 Å². The molecule has 4 heteroatoms. The Labute approximate surface area is 114 Å². The molecule has 3 nitrogen and oxygen atoms in total. The summed E-state index contributed by atoms with van der Waals surface area (Å²) in [5, 5.41) is 0. The van der Waals surface area contributed by atoms with Crippen LogP contribution in [-0.2, 0) is 6.42 Å². The van der Waals surface area contributed by atoms with E-state index in [0.29, 0.717) is 25.3 Å². The fraction of sp³-hybridized carbons (Fsp3) is 0.600. The van der Waals surface area contributed by atoms with Crippen LogP contribution in [0.4, 0.5) is 4.39 Å². The summed E-state index contributed by atoms with van der Waals surface area (Å²) in [7, 11) is 0. The van der Waals surface area contributed by atoms with E-state index in [-0.39, 0.29) is 5.82 Å². The molecule has 1 aliphatic heterocycles. The van der Waals surface area contributed by atoms with E-state index in [4.69, 9.17) is 10.5 Å². The van der Waals surface area contributed by atoms with Gasteiger partial charge in [0.1, 0.15) is 6.61 Å². The largest absolute Gasteiger partial charge is 0.489 e. The zero-order valence-electron chi connectivity index (χ0n) is 11.4. The summed E-state index contributed by atoms with van der Waals surface area (Å²) < 4.78 is 19.4. The third kappa shape index (κ3) is 4.18. The highest BCUT2D eigenvalue weighted by molar-refractivity contribution is 5.35. The van der Waals surface area contributed by atoms with Crippen molar-refractivity contribution < 1.29 is 9.13 Å². The smallest absolute Gasteiger partial charge is 0.165 e. The van der Waals surface area contributed by atoms with Crippen molar-refractivity contribution in [2.45, 2.75) is 25.7 Å². The zero-order valence-corrected chi connectivity index (χ0v) is 11.4. The predicted molar refractivity (Wildman–Crippen MR) is 74.9 cm³/mol. The van der Waals surface area contributed by atoms with Gasteiger partial charge in [0.15, 0.2) is 11.6 Å². The van der Waals surface area contributed by atoms with E-state index in [1.807, 2.05) is 6.07 Å². The Bertz CT molecular complexity index is 392. The molecule has 19 heavy (non-hydrogen) atoms. The van der Waals surface area contributed by atoms with Gasteiger partial charge in [0.25, 0.3) is 0 Å². The van der Waals surface area contributed by atoms with Crippen LogP contribution in [-0.4, -0.2) is 37.7 Å². The summed E-state index contributed by atoms with van der Waals surface area (Å²) in [6.45, 7) is 4.19. The number of rotatable bonds is 6. The number of nitrogens with two attached hydrogens (primary N) is 1. The highest BCUT2D eigenvalue weighted by Crippen LogP contribution is 2.23. The van der Waals surface area contributed by atoms with Crippen molar-refractivity contribution in [1.29, 1.82) is 0 Å². The van der Waals surface area contributed by atoms with E-state index < -0.39 is 0 Å². The van der Waals surface area contributed by atoms with Gasteiger partial charge >= 0.3 is 0 Å². The normalized spacial score (nSPS) is 16.5. The van der Waals surface area contributed by atoms with Gasteiger partial charge in [0, 0.05) is 6.54 Å². The molecule has 0 spiro atoms. The van der Waals surface area contributed by atoms with Gasteiger partial charge in [0.2, 0.25) is 0 Å². The Morgan fingerprint density at radius 3 is 2.74 bits per heavy atom. The average Bonchev–Trinajstić information content (AvgIpc) is 2.43. The maximum atomic E-state index is 13.8. The molecule has 1 aromatic carbocycles. The van der Waals surface area contributed by atoms with Crippen molar-refractivity contribution >= 4 is 0 Å². The lowest BCUT2D eigenvalue weighted by molar-refractivity contribution is 0.179. The van der Waals surface area contributed by atoms with E-state index in [1.165, 1.54) is 25.3 Å². The highest BCUT2D eigenvalue weighted by Gasteiger charge is 2.12. The van der Waals surface area contributed by atoms with Crippen molar-refractivity contribution in [2.75, 3.05) is 32.8 Å². The summed E-state index contributed by atoms with van der Waals surface area (Å²) >= 11 is 0. The topological polar surface area (TPSA) is 38.5 Å². The van der Waals surface area contributed by atoms with Gasteiger partial charge in [-0.15, -0.1) is 0 Å². The van der Waals surface area contributed by atoms with Gasteiger partial charge in [-0.25, -0.2) is 4.39 Å². The fourth-order valence-electron chi connectivity index (χ4n) is 2.53. The maximum absolute atomic E-state index is 13.8. The van der Waals surface area contributed by atoms with Gasteiger partial charge in [-0.05, 0) is 50.5 Å². The molecule has 0 atom stereocenters. The number of hydrogen-bond donors (Lipinski definition) is 1. The third-order valence-corrected chi connectivity index (χ3v) is 3.56. The molecule has 0 radical (unpaired) electrons. The molecule has 0 saturated carbocycles.